The molecule has 19 heavy (non-hydrogen) atoms. The van der Waals surface area contributed by atoms with Crippen molar-refractivity contribution in [1.82, 2.24) is 9.21 Å². The second-order valence-electron chi connectivity index (χ2n) is 5.66. The van der Waals surface area contributed by atoms with E-state index in [1.54, 1.807) is 6.92 Å². The molecule has 0 radical (unpaired) electrons. The Kier molecular flexibility index (Phi) is 6.19. The first-order valence-electron chi connectivity index (χ1n) is 6.84. The Labute approximate surface area is 116 Å². The summed E-state index contributed by atoms with van der Waals surface area (Å²) in [6, 6.07) is 0. The third-order valence-electron chi connectivity index (χ3n) is 3.68. The first-order valence-corrected chi connectivity index (χ1v) is 8.69. The smallest absolute Gasteiger partial charge is 0.211 e. The fourth-order valence-corrected chi connectivity index (χ4v) is 3.05. The van der Waals surface area contributed by atoms with Gasteiger partial charge in [-0.25, -0.2) is 8.42 Å². The fourth-order valence-electron chi connectivity index (χ4n) is 2.23. The zero-order valence-corrected chi connectivity index (χ0v) is 12.8. The van der Waals surface area contributed by atoms with Gasteiger partial charge in [-0.3, -0.25) is 0 Å². The van der Waals surface area contributed by atoms with Crippen LogP contribution >= 0.6 is 0 Å². The van der Waals surface area contributed by atoms with Crippen molar-refractivity contribution in [1.29, 1.82) is 0 Å². The van der Waals surface area contributed by atoms with Crippen LogP contribution in [-0.4, -0.2) is 73.9 Å². The maximum Gasteiger partial charge on any atom is 0.211 e. The number of aliphatic hydroxyl groups is 1. The third-order valence-corrected chi connectivity index (χ3v) is 4.98. The number of hydrogen-bond donors (Lipinski definition) is 2. The van der Waals surface area contributed by atoms with Gasteiger partial charge in [0.2, 0.25) is 10.0 Å². The average molecular weight is 293 g/mol. The first-order chi connectivity index (χ1) is 8.74. The second kappa shape index (κ2) is 6.99. The van der Waals surface area contributed by atoms with Crippen LogP contribution in [0.1, 0.15) is 26.2 Å². The summed E-state index contributed by atoms with van der Waals surface area (Å²) in [5.74, 6) is 0. The van der Waals surface area contributed by atoms with Crippen LogP contribution in [0.25, 0.3) is 0 Å². The van der Waals surface area contributed by atoms with Crippen LogP contribution in [0, 0.1) is 0 Å². The van der Waals surface area contributed by atoms with Gasteiger partial charge in [0.25, 0.3) is 0 Å². The van der Waals surface area contributed by atoms with Crippen molar-refractivity contribution in [2.24, 2.45) is 5.73 Å². The minimum Gasteiger partial charge on any atom is -0.389 e. The highest BCUT2D eigenvalue weighted by Crippen LogP contribution is 2.13. The summed E-state index contributed by atoms with van der Waals surface area (Å²) >= 11 is 0. The van der Waals surface area contributed by atoms with Crippen LogP contribution in [-0.2, 0) is 10.0 Å². The predicted molar refractivity (Wildman–Crippen MR) is 76.4 cm³/mol. The van der Waals surface area contributed by atoms with Crippen molar-refractivity contribution < 1.29 is 13.5 Å². The van der Waals surface area contributed by atoms with E-state index in [4.69, 9.17) is 5.73 Å². The monoisotopic (exact) mass is 293 g/mol. The maximum atomic E-state index is 11.4. The molecule has 7 heteroatoms. The zero-order chi connectivity index (χ0) is 14.5. The molecule has 0 spiro atoms. The molecular weight excluding hydrogens is 266 g/mol. The number of piperazine rings is 1. The minimum absolute atomic E-state index is 0.292. The fraction of sp³-hybridized carbons (Fsp3) is 1.00. The van der Waals surface area contributed by atoms with Gasteiger partial charge in [0.05, 0.1) is 11.9 Å². The van der Waals surface area contributed by atoms with Crippen molar-refractivity contribution in [2.75, 3.05) is 45.5 Å². The second-order valence-corrected chi connectivity index (χ2v) is 7.64. The van der Waals surface area contributed by atoms with E-state index in [1.165, 1.54) is 10.6 Å². The van der Waals surface area contributed by atoms with Crippen LogP contribution < -0.4 is 5.73 Å². The Morgan fingerprint density at radius 1 is 1.21 bits per heavy atom. The molecule has 0 bridgehead atoms. The predicted octanol–water partition coefficient (Wildman–Crippen LogP) is -0.556. The number of hydrogen-bond acceptors (Lipinski definition) is 5. The van der Waals surface area contributed by atoms with E-state index >= 15 is 0 Å². The highest BCUT2D eigenvalue weighted by atomic mass is 32.2. The molecule has 1 atom stereocenters. The van der Waals surface area contributed by atoms with E-state index in [-0.39, 0.29) is 0 Å². The normalized spacial score (nSPS) is 22.3. The molecule has 114 valence electrons. The molecular formula is C12H27N3O3S. The lowest BCUT2D eigenvalue weighted by atomic mass is 9.99. The van der Waals surface area contributed by atoms with Crippen LogP contribution in [0.4, 0.5) is 0 Å². The van der Waals surface area contributed by atoms with Crippen molar-refractivity contribution >= 4 is 10.0 Å². The van der Waals surface area contributed by atoms with E-state index in [9.17, 15) is 13.5 Å². The summed E-state index contributed by atoms with van der Waals surface area (Å²) in [7, 11) is -3.04. The van der Waals surface area contributed by atoms with Gasteiger partial charge in [-0.1, -0.05) is 0 Å². The molecule has 1 saturated heterocycles. The van der Waals surface area contributed by atoms with E-state index in [0.717, 1.165) is 32.5 Å². The Bertz CT molecular complexity index is 362. The van der Waals surface area contributed by atoms with Gasteiger partial charge in [-0.15, -0.1) is 0 Å². The summed E-state index contributed by atoms with van der Waals surface area (Å²) in [5.41, 5.74) is 4.71. The summed E-state index contributed by atoms with van der Waals surface area (Å²) < 4.78 is 24.3. The molecule has 1 fully saturated rings. The van der Waals surface area contributed by atoms with Crippen LogP contribution in [0.2, 0.25) is 0 Å². The molecule has 1 unspecified atom stereocenters. The maximum absolute atomic E-state index is 11.4. The van der Waals surface area contributed by atoms with E-state index in [0.29, 0.717) is 26.1 Å². The molecule has 1 heterocycles. The standard InChI is InChI=1S/C12H27N3O3S/c1-12(16,11-13)5-3-4-6-14-7-9-15(10-8-14)19(2,17)18/h16H,3-11,13H2,1-2H3. The van der Waals surface area contributed by atoms with Gasteiger partial charge < -0.3 is 15.7 Å². The quantitative estimate of drug-likeness (QED) is 0.615. The van der Waals surface area contributed by atoms with E-state index < -0.39 is 15.6 Å². The molecule has 0 aromatic rings. The number of sulfonamides is 1. The van der Waals surface area contributed by atoms with Crippen LogP contribution in [0.5, 0.6) is 0 Å². The Balaban J connectivity index is 2.17. The SMILES string of the molecule is CC(O)(CN)CCCCN1CCN(S(C)(=O)=O)CC1. The van der Waals surface area contributed by atoms with Gasteiger partial charge in [-0.2, -0.15) is 4.31 Å². The molecule has 0 aliphatic carbocycles. The highest BCUT2D eigenvalue weighted by Gasteiger charge is 2.23. The number of rotatable bonds is 7. The third kappa shape index (κ3) is 6.18. The summed E-state index contributed by atoms with van der Waals surface area (Å²) in [5, 5.41) is 9.77. The topological polar surface area (TPSA) is 86.9 Å². The number of unbranched alkanes of at least 4 members (excludes halogenated alkanes) is 1. The largest absolute Gasteiger partial charge is 0.389 e. The molecule has 1 rings (SSSR count). The van der Waals surface area contributed by atoms with Gasteiger partial charge in [0, 0.05) is 32.7 Å². The van der Waals surface area contributed by atoms with E-state index in [2.05, 4.69) is 4.90 Å². The van der Waals surface area contributed by atoms with Crippen LogP contribution in [0.15, 0.2) is 0 Å². The molecule has 1 aliphatic rings. The Hall–Kier alpha value is -0.210. The molecule has 3 N–H and O–H groups in total. The Morgan fingerprint density at radius 2 is 1.79 bits per heavy atom. The van der Waals surface area contributed by atoms with Crippen molar-refractivity contribution in [3.05, 3.63) is 0 Å². The molecule has 0 amide bonds. The van der Waals surface area contributed by atoms with Crippen molar-refractivity contribution in [3.8, 4) is 0 Å². The van der Waals surface area contributed by atoms with Crippen molar-refractivity contribution in [2.45, 2.75) is 31.8 Å². The van der Waals surface area contributed by atoms with Crippen LogP contribution in [0.3, 0.4) is 0 Å². The summed E-state index contributed by atoms with van der Waals surface area (Å²) in [6.45, 7) is 5.76. The number of nitrogens with zero attached hydrogens (tertiary/aromatic N) is 2. The lowest BCUT2D eigenvalue weighted by Crippen LogP contribution is -2.48. The molecule has 6 nitrogen and oxygen atoms in total. The van der Waals surface area contributed by atoms with Gasteiger partial charge in [0.1, 0.15) is 0 Å². The minimum atomic E-state index is -3.04. The average Bonchev–Trinajstić information content (AvgIpc) is 2.34. The molecule has 0 saturated carbocycles. The lowest BCUT2D eigenvalue weighted by Gasteiger charge is -2.33. The Morgan fingerprint density at radius 3 is 2.26 bits per heavy atom. The zero-order valence-electron chi connectivity index (χ0n) is 12.0. The lowest BCUT2D eigenvalue weighted by molar-refractivity contribution is 0.0559. The molecule has 1 aliphatic heterocycles. The summed E-state index contributed by atoms with van der Waals surface area (Å²) in [6.07, 6.45) is 3.93. The highest BCUT2D eigenvalue weighted by molar-refractivity contribution is 7.88. The van der Waals surface area contributed by atoms with Gasteiger partial charge in [-0.05, 0) is 32.7 Å². The molecule has 0 aromatic heterocycles. The van der Waals surface area contributed by atoms with Crippen molar-refractivity contribution in [3.63, 3.8) is 0 Å². The van der Waals surface area contributed by atoms with E-state index in [1.807, 2.05) is 0 Å². The summed E-state index contributed by atoms with van der Waals surface area (Å²) in [4.78, 5) is 2.28. The van der Waals surface area contributed by atoms with Gasteiger partial charge >= 0.3 is 0 Å². The number of nitrogens with two attached hydrogens (primary N) is 1. The first kappa shape index (κ1) is 16.8. The molecule has 0 aromatic carbocycles. The van der Waals surface area contributed by atoms with Gasteiger partial charge in [0.15, 0.2) is 0 Å².